The molecule has 18 heavy (non-hydrogen) atoms. The molecule has 0 saturated carbocycles. The Morgan fingerprint density at radius 3 is 2.39 bits per heavy atom. The minimum atomic E-state index is -4.06. The summed E-state index contributed by atoms with van der Waals surface area (Å²) in [5, 5.41) is 3.53. The van der Waals surface area contributed by atoms with Crippen molar-refractivity contribution in [2.75, 3.05) is 19.6 Å². The normalized spacial score (nSPS) is 21.2. The van der Waals surface area contributed by atoms with Gasteiger partial charge in [0.25, 0.3) is 0 Å². The van der Waals surface area contributed by atoms with Crippen LogP contribution in [0, 0.1) is 0 Å². The van der Waals surface area contributed by atoms with E-state index in [0.717, 1.165) is 19.3 Å². The predicted molar refractivity (Wildman–Crippen MR) is 67.6 cm³/mol. The van der Waals surface area contributed by atoms with Gasteiger partial charge in [0, 0.05) is 12.1 Å². The van der Waals surface area contributed by atoms with E-state index in [4.69, 9.17) is 0 Å². The minimum Gasteiger partial charge on any atom is -0.311 e. The summed E-state index contributed by atoms with van der Waals surface area (Å²) in [6.07, 6.45) is 1.14. The Morgan fingerprint density at radius 1 is 1.28 bits per heavy atom. The van der Waals surface area contributed by atoms with Crippen LogP contribution in [-0.4, -0.2) is 42.8 Å². The lowest BCUT2D eigenvalue weighted by atomic mass is 10.0. The summed E-state index contributed by atoms with van der Waals surface area (Å²) in [6.45, 7) is 4.68. The number of nitrogens with one attached hydrogen (secondary N) is 1. The van der Waals surface area contributed by atoms with Crippen molar-refractivity contribution < 1.29 is 13.2 Å². The summed E-state index contributed by atoms with van der Waals surface area (Å²) in [5.74, 6) is 0. The van der Waals surface area contributed by atoms with Gasteiger partial charge in [0.2, 0.25) is 0 Å². The van der Waals surface area contributed by atoms with Gasteiger partial charge in [-0.3, -0.25) is 4.90 Å². The summed E-state index contributed by atoms with van der Waals surface area (Å²) in [6, 6.07) is 0.866. The fourth-order valence-corrected chi connectivity index (χ4v) is 2.51. The van der Waals surface area contributed by atoms with Crippen molar-refractivity contribution in [2.24, 2.45) is 0 Å². The summed E-state index contributed by atoms with van der Waals surface area (Å²) < 4.78 is 36.7. The third kappa shape index (κ3) is 6.59. The third-order valence-corrected chi connectivity index (χ3v) is 3.50. The lowest BCUT2D eigenvalue weighted by Crippen LogP contribution is -2.47. The predicted octanol–water partition coefficient (Wildman–Crippen LogP) is 3.18. The number of likely N-dealkylation sites (tertiary alicyclic amines) is 1. The second-order valence-electron chi connectivity index (χ2n) is 5.38. The fourth-order valence-electron chi connectivity index (χ4n) is 2.51. The SMILES string of the molecule is CCCCC(C)NC1CCN(CC(F)(F)F)CC1. The van der Waals surface area contributed by atoms with Crippen LogP contribution in [0.15, 0.2) is 0 Å². The molecule has 0 bridgehead atoms. The van der Waals surface area contributed by atoms with Gasteiger partial charge >= 0.3 is 6.18 Å². The van der Waals surface area contributed by atoms with Gasteiger partial charge in [-0.1, -0.05) is 19.8 Å². The molecule has 2 nitrogen and oxygen atoms in total. The minimum absolute atomic E-state index is 0.390. The van der Waals surface area contributed by atoms with Crippen LogP contribution >= 0.6 is 0 Å². The first-order valence-electron chi connectivity index (χ1n) is 6.96. The second-order valence-corrected chi connectivity index (χ2v) is 5.38. The third-order valence-electron chi connectivity index (χ3n) is 3.50. The largest absolute Gasteiger partial charge is 0.401 e. The van der Waals surface area contributed by atoms with Gasteiger partial charge in [-0.15, -0.1) is 0 Å². The molecular weight excluding hydrogens is 241 g/mol. The van der Waals surface area contributed by atoms with Crippen LogP contribution in [0.25, 0.3) is 0 Å². The van der Waals surface area contributed by atoms with Crippen molar-refractivity contribution >= 4 is 0 Å². The maximum absolute atomic E-state index is 12.2. The van der Waals surface area contributed by atoms with E-state index in [1.807, 2.05) is 0 Å². The van der Waals surface area contributed by atoms with E-state index in [2.05, 4.69) is 19.2 Å². The van der Waals surface area contributed by atoms with Crippen molar-refractivity contribution in [3.8, 4) is 0 Å². The zero-order valence-corrected chi connectivity index (χ0v) is 11.4. The molecule has 5 heteroatoms. The molecule has 0 aromatic carbocycles. The summed E-state index contributed by atoms with van der Waals surface area (Å²) in [7, 11) is 0. The van der Waals surface area contributed by atoms with Gasteiger partial charge in [-0.2, -0.15) is 13.2 Å². The number of alkyl halides is 3. The van der Waals surface area contributed by atoms with Crippen LogP contribution in [0.3, 0.4) is 0 Å². The van der Waals surface area contributed by atoms with E-state index in [0.29, 0.717) is 25.2 Å². The molecule has 1 saturated heterocycles. The molecule has 0 radical (unpaired) electrons. The van der Waals surface area contributed by atoms with E-state index in [1.54, 1.807) is 0 Å². The molecule has 1 N–H and O–H groups in total. The molecular formula is C13H25F3N2. The molecule has 0 aromatic rings. The quantitative estimate of drug-likeness (QED) is 0.794. The van der Waals surface area contributed by atoms with E-state index < -0.39 is 12.7 Å². The highest BCUT2D eigenvalue weighted by molar-refractivity contribution is 4.80. The van der Waals surface area contributed by atoms with E-state index in [-0.39, 0.29) is 0 Å². The molecule has 1 aliphatic rings. The van der Waals surface area contributed by atoms with Crippen LogP contribution in [0.5, 0.6) is 0 Å². The first kappa shape index (κ1) is 15.8. The van der Waals surface area contributed by atoms with Crippen molar-refractivity contribution in [3.63, 3.8) is 0 Å². The van der Waals surface area contributed by atoms with Crippen molar-refractivity contribution in [1.29, 1.82) is 0 Å². The zero-order valence-electron chi connectivity index (χ0n) is 11.4. The van der Waals surface area contributed by atoms with Crippen molar-refractivity contribution in [2.45, 2.75) is 64.2 Å². The monoisotopic (exact) mass is 266 g/mol. The smallest absolute Gasteiger partial charge is 0.311 e. The average Bonchev–Trinajstić information content (AvgIpc) is 2.27. The van der Waals surface area contributed by atoms with Crippen LogP contribution in [0.1, 0.15) is 46.0 Å². The van der Waals surface area contributed by atoms with Gasteiger partial charge in [0.15, 0.2) is 0 Å². The lowest BCUT2D eigenvalue weighted by molar-refractivity contribution is -0.148. The highest BCUT2D eigenvalue weighted by atomic mass is 19.4. The standard InChI is InChI=1S/C13H25F3N2/c1-3-4-5-11(2)17-12-6-8-18(9-7-12)10-13(14,15)16/h11-12,17H,3-10H2,1-2H3. The van der Waals surface area contributed by atoms with Crippen LogP contribution in [0.4, 0.5) is 13.2 Å². The van der Waals surface area contributed by atoms with Crippen molar-refractivity contribution in [3.05, 3.63) is 0 Å². The number of nitrogens with zero attached hydrogens (tertiary/aromatic N) is 1. The highest BCUT2D eigenvalue weighted by Crippen LogP contribution is 2.20. The molecule has 0 amide bonds. The topological polar surface area (TPSA) is 15.3 Å². The molecule has 1 aliphatic heterocycles. The molecule has 1 fully saturated rings. The van der Waals surface area contributed by atoms with Gasteiger partial charge in [0.1, 0.15) is 0 Å². The van der Waals surface area contributed by atoms with E-state index in [1.165, 1.54) is 17.7 Å². The van der Waals surface area contributed by atoms with Crippen molar-refractivity contribution in [1.82, 2.24) is 10.2 Å². The summed E-state index contributed by atoms with van der Waals surface area (Å²) in [5.41, 5.74) is 0. The molecule has 1 rings (SSSR count). The van der Waals surface area contributed by atoms with Gasteiger partial charge in [-0.25, -0.2) is 0 Å². The van der Waals surface area contributed by atoms with Crippen LogP contribution < -0.4 is 5.32 Å². The molecule has 0 aliphatic carbocycles. The molecule has 0 aromatic heterocycles. The number of hydrogen-bond donors (Lipinski definition) is 1. The number of rotatable bonds is 6. The highest BCUT2D eigenvalue weighted by Gasteiger charge is 2.32. The fraction of sp³-hybridized carbons (Fsp3) is 1.00. The van der Waals surface area contributed by atoms with Gasteiger partial charge in [-0.05, 0) is 39.3 Å². The summed E-state index contributed by atoms with van der Waals surface area (Å²) in [4.78, 5) is 1.51. The summed E-state index contributed by atoms with van der Waals surface area (Å²) >= 11 is 0. The van der Waals surface area contributed by atoms with Crippen LogP contribution in [-0.2, 0) is 0 Å². The molecule has 108 valence electrons. The maximum Gasteiger partial charge on any atom is 0.401 e. The molecule has 1 heterocycles. The first-order valence-corrected chi connectivity index (χ1v) is 6.96. The number of hydrogen-bond acceptors (Lipinski definition) is 2. The number of unbranched alkanes of at least 4 members (excludes halogenated alkanes) is 1. The molecule has 1 atom stereocenters. The molecule has 0 spiro atoms. The Balaban J connectivity index is 2.19. The molecule has 1 unspecified atom stereocenters. The Labute approximate surface area is 108 Å². The Kier molecular flexibility index (Phi) is 6.43. The number of halogens is 3. The van der Waals surface area contributed by atoms with Gasteiger partial charge < -0.3 is 5.32 Å². The van der Waals surface area contributed by atoms with Crippen LogP contribution in [0.2, 0.25) is 0 Å². The second kappa shape index (κ2) is 7.34. The average molecular weight is 266 g/mol. The van der Waals surface area contributed by atoms with E-state index >= 15 is 0 Å². The lowest BCUT2D eigenvalue weighted by Gasteiger charge is -2.34. The Bertz CT molecular complexity index is 223. The zero-order chi connectivity index (χ0) is 13.6. The number of piperidine rings is 1. The Morgan fingerprint density at radius 2 is 1.89 bits per heavy atom. The maximum atomic E-state index is 12.2. The first-order chi connectivity index (χ1) is 8.40. The van der Waals surface area contributed by atoms with E-state index in [9.17, 15) is 13.2 Å². The van der Waals surface area contributed by atoms with Gasteiger partial charge in [0.05, 0.1) is 6.54 Å². The Hall–Kier alpha value is -0.290.